The monoisotopic (exact) mass is 318 g/mol. The summed E-state index contributed by atoms with van der Waals surface area (Å²) in [7, 11) is -3.65. The molecule has 1 aliphatic rings. The van der Waals surface area contributed by atoms with Gasteiger partial charge >= 0.3 is 5.97 Å². The largest absolute Gasteiger partial charge is 0.478 e. The number of piperidine rings is 1. The molecule has 1 fully saturated rings. The van der Waals surface area contributed by atoms with Crippen LogP contribution in [0.5, 0.6) is 0 Å². The van der Waals surface area contributed by atoms with E-state index in [0.717, 1.165) is 0 Å². The first kappa shape index (κ1) is 15.2. The van der Waals surface area contributed by atoms with Crippen molar-refractivity contribution in [2.45, 2.75) is 23.8 Å². The van der Waals surface area contributed by atoms with Crippen molar-refractivity contribution in [3.05, 3.63) is 28.8 Å². The zero-order chi connectivity index (χ0) is 14.9. The summed E-state index contributed by atoms with van der Waals surface area (Å²) in [5.74, 6) is -1.19. The molecule has 8 heteroatoms. The molecule has 0 unspecified atom stereocenters. The van der Waals surface area contributed by atoms with E-state index >= 15 is 0 Å². The highest BCUT2D eigenvalue weighted by Crippen LogP contribution is 2.25. The van der Waals surface area contributed by atoms with Gasteiger partial charge in [0.05, 0.1) is 15.5 Å². The lowest BCUT2D eigenvalue weighted by Crippen LogP contribution is -2.42. The third-order valence-corrected chi connectivity index (χ3v) is 5.51. The second kappa shape index (κ2) is 5.69. The van der Waals surface area contributed by atoms with Gasteiger partial charge in [0, 0.05) is 19.1 Å². The van der Waals surface area contributed by atoms with Gasteiger partial charge in [-0.15, -0.1) is 0 Å². The van der Waals surface area contributed by atoms with Crippen molar-refractivity contribution in [1.82, 2.24) is 4.31 Å². The quantitative estimate of drug-likeness (QED) is 0.870. The second-order valence-electron chi connectivity index (χ2n) is 4.69. The minimum Gasteiger partial charge on any atom is -0.478 e. The molecule has 6 nitrogen and oxygen atoms in total. The van der Waals surface area contributed by atoms with Gasteiger partial charge in [0.15, 0.2) is 0 Å². The molecule has 1 heterocycles. The molecule has 1 aromatic carbocycles. The lowest BCUT2D eigenvalue weighted by Gasteiger charge is -2.29. The summed E-state index contributed by atoms with van der Waals surface area (Å²) in [6.45, 7) is 0.726. The number of aromatic carboxylic acids is 1. The Morgan fingerprint density at radius 2 is 1.95 bits per heavy atom. The van der Waals surface area contributed by atoms with Gasteiger partial charge in [0.25, 0.3) is 0 Å². The number of carboxylic acids is 1. The van der Waals surface area contributed by atoms with Crippen LogP contribution in [-0.2, 0) is 10.0 Å². The Morgan fingerprint density at radius 1 is 1.35 bits per heavy atom. The van der Waals surface area contributed by atoms with E-state index in [1.807, 2.05) is 0 Å². The molecular weight excluding hydrogens is 304 g/mol. The van der Waals surface area contributed by atoms with E-state index in [1.54, 1.807) is 0 Å². The molecule has 0 atom stereocenters. The zero-order valence-corrected chi connectivity index (χ0v) is 12.2. The number of sulfonamides is 1. The Hall–Kier alpha value is -1.15. The Kier molecular flexibility index (Phi) is 4.33. The number of hydrogen-bond donors (Lipinski definition) is 2. The van der Waals surface area contributed by atoms with Gasteiger partial charge in [0.1, 0.15) is 0 Å². The van der Waals surface area contributed by atoms with E-state index < -0.39 is 16.0 Å². The minimum absolute atomic E-state index is 0.00275. The number of carbonyl (C=O) groups is 1. The van der Waals surface area contributed by atoms with Crippen LogP contribution in [0.15, 0.2) is 23.1 Å². The van der Waals surface area contributed by atoms with Crippen LogP contribution in [0.4, 0.5) is 0 Å². The van der Waals surface area contributed by atoms with E-state index in [4.69, 9.17) is 22.4 Å². The van der Waals surface area contributed by atoms with Gasteiger partial charge in [-0.1, -0.05) is 11.6 Å². The molecule has 0 amide bonds. The van der Waals surface area contributed by atoms with E-state index in [1.165, 1.54) is 22.5 Å². The fourth-order valence-corrected chi connectivity index (χ4v) is 3.92. The molecule has 1 aromatic rings. The van der Waals surface area contributed by atoms with E-state index in [2.05, 4.69) is 0 Å². The lowest BCUT2D eigenvalue weighted by molar-refractivity contribution is 0.0697. The summed E-state index contributed by atoms with van der Waals surface area (Å²) in [4.78, 5) is 10.9. The zero-order valence-electron chi connectivity index (χ0n) is 10.6. The number of benzene rings is 1. The van der Waals surface area contributed by atoms with Crippen molar-refractivity contribution in [2.24, 2.45) is 5.73 Å². The topological polar surface area (TPSA) is 101 Å². The standard InChI is InChI=1S/C12H15ClN2O4S/c13-11-7-9(1-2-10(11)12(16)17)20(18,19)15-5-3-8(14)4-6-15/h1-2,7-8H,3-6,14H2,(H,16,17). The smallest absolute Gasteiger partial charge is 0.337 e. The maximum atomic E-state index is 12.4. The predicted molar refractivity (Wildman–Crippen MR) is 74.4 cm³/mol. The van der Waals surface area contributed by atoms with E-state index in [9.17, 15) is 13.2 Å². The Morgan fingerprint density at radius 3 is 2.45 bits per heavy atom. The van der Waals surface area contributed by atoms with Crippen molar-refractivity contribution in [3.63, 3.8) is 0 Å². The molecule has 20 heavy (non-hydrogen) atoms. The molecule has 3 N–H and O–H groups in total. The predicted octanol–water partition coefficient (Wildman–Crippen LogP) is 1.15. The van der Waals surface area contributed by atoms with E-state index in [-0.39, 0.29) is 21.5 Å². The third-order valence-electron chi connectivity index (χ3n) is 3.31. The number of carboxylic acid groups (broad SMARTS) is 1. The maximum absolute atomic E-state index is 12.4. The van der Waals surface area contributed by atoms with Gasteiger partial charge in [-0.2, -0.15) is 4.31 Å². The highest BCUT2D eigenvalue weighted by atomic mass is 35.5. The first-order chi connectivity index (χ1) is 9.32. The average molecular weight is 319 g/mol. The fourth-order valence-electron chi connectivity index (χ4n) is 2.09. The van der Waals surface area contributed by atoms with Gasteiger partial charge in [0.2, 0.25) is 10.0 Å². The van der Waals surface area contributed by atoms with Crippen LogP contribution in [0.25, 0.3) is 0 Å². The van der Waals surface area contributed by atoms with Crippen molar-refractivity contribution in [2.75, 3.05) is 13.1 Å². The van der Waals surface area contributed by atoms with Crippen molar-refractivity contribution in [3.8, 4) is 0 Å². The lowest BCUT2D eigenvalue weighted by atomic mass is 10.1. The first-order valence-electron chi connectivity index (χ1n) is 6.11. The molecule has 0 bridgehead atoms. The van der Waals surface area contributed by atoms with Crippen LogP contribution in [-0.4, -0.2) is 42.9 Å². The first-order valence-corrected chi connectivity index (χ1v) is 7.93. The van der Waals surface area contributed by atoms with Crippen LogP contribution >= 0.6 is 11.6 Å². The van der Waals surface area contributed by atoms with Gasteiger partial charge < -0.3 is 10.8 Å². The number of hydrogen-bond acceptors (Lipinski definition) is 4. The summed E-state index contributed by atoms with van der Waals surface area (Å²) in [6.07, 6.45) is 1.22. The maximum Gasteiger partial charge on any atom is 0.337 e. The molecular formula is C12H15ClN2O4S. The molecule has 1 saturated heterocycles. The van der Waals surface area contributed by atoms with Crippen LogP contribution in [0.1, 0.15) is 23.2 Å². The van der Waals surface area contributed by atoms with Crippen molar-refractivity contribution < 1.29 is 18.3 Å². The Balaban J connectivity index is 2.30. The molecule has 0 radical (unpaired) electrons. The number of nitrogens with zero attached hydrogens (tertiary/aromatic N) is 1. The molecule has 1 aliphatic heterocycles. The second-order valence-corrected chi connectivity index (χ2v) is 7.03. The van der Waals surface area contributed by atoms with Crippen LogP contribution in [0, 0.1) is 0 Å². The van der Waals surface area contributed by atoms with Crippen molar-refractivity contribution in [1.29, 1.82) is 0 Å². The van der Waals surface area contributed by atoms with Crippen molar-refractivity contribution >= 4 is 27.6 Å². The minimum atomic E-state index is -3.65. The van der Waals surface area contributed by atoms with E-state index in [0.29, 0.717) is 25.9 Å². The van der Waals surface area contributed by atoms with Gasteiger partial charge in [-0.05, 0) is 31.0 Å². The van der Waals surface area contributed by atoms with Crippen LogP contribution < -0.4 is 5.73 Å². The van der Waals surface area contributed by atoms with Crippen LogP contribution in [0.3, 0.4) is 0 Å². The summed E-state index contributed by atoms with van der Waals surface area (Å²) >= 11 is 5.81. The molecule has 0 aromatic heterocycles. The molecule has 0 aliphatic carbocycles. The van der Waals surface area contributed by atoms with Crippen LogP contribution in [0.2, 0.25) is 5.02 Å². The van der Waals surface area contributed by atoms with Gasteiger partial charge in [-0.25, -0.2) is 13.2 Å². The molecule has 0 saturated carbocycles. The summed E-state index contributed by atoms with van der Waals surface area (Å²) in [6, 6.07) is 3.67. The Bertz CT molecular complexity index is 624. The normalized spacial score (nSPS) is 18.1. The molecule has 110 valence electrons. The molecule has 2 rings (SSSR count). The summed E-state index contributed by atoms with van der Waals surface area (Å²) < 4.78 is 26.2. The number of nitrogens with two attached hydrogens (primary N) is 1. The molecule has 0 spiro atoms. The summed E-state index contributed by atoms with van der Waals surface area (Å²) in [5.41, 5.74) is 5.63. The SMILES string of the molecule is NC1CCN(S(=O)(=O)c2ccc(C(=O)O)c(Cl)c2)CC1. The number of halogens is 1. The Labute approximate surface area is 122 Å². The fraction of sp³-hybridized carbons (Fsp3) is 0.417. The highest BCUT2D eigenvalue weighted by Gasteiger charge is 2.28. The van der Waals surface area contributed by atoms with Gasteiger partial charge in [-0.3, -0.25) is 0 Å². The average Bonchev–Trinajstić information content (AvgIpc) is 2.38. The number of rotatable bonds is 3. The summed E-state index contributed by atoms with van der Waals surface area (Å²) in [5, 5.41) is 8.79. The highest BCUT2D eigenvalue weighted by molar-refractivity contribution is 7.89. The third kappa shape index (κ3) is 2.95.